The second kappa shape index (κ2) is 14.4. The molecule has 3 fully saturated rings. The third-order valence-electron chi connectivity index (χ3n) is 8.96. The van der Waals surface area contributed by atoms with Gasteiger partial charge in [0.25, 0.3) is 5.91 Å². The van der Waals surface area contributed by atoms with E-state index in [1.54, 1.807) is 20.8 Å². The molecule has 5 atom stereocenters. The molecule has 1 aromatic carbocycles. The largest absolute Gasteiger partial charge is 0.444 e. The highest BCUT2D eigenvalue weighted by molar-refractivity contribution is 6.38. The third-order valence-corrected chi connectivity index (χ3v) is 9.27. The summed E-state index contributed by atoms with van der Waals surface area (Å²) in [5.74, 6) is -3.41. The van der Waals surface area contributed by atoms with E-state index in [1.807, 2.05) is 6.92 Å². The number of likely N-dealkylation sites (tertiary alicyclic amines) is 1. The van der Waals surface area contributed by atoms with Crippen molar-refractivity contribution in [1.29, 1.82) is 0 Å². The molecular formula is C33H43ClFN5O8. The maximum Gasteiger partial charge on any atom is 0.408 e. The molecule has 1 saturated carbocycles. The molecule has 0 bridgehead atoms. The minimum Gasteiger partial charge on any atom is -0.444 e. The summed E-state index contributed by atoms with van der Waals surface area (Å²) in [4.78, 5) is 74.3. The number of ether oxygens (including phenoxy) is 2. The molecule has 0 radical (unpaired) electrons. The lowest BCUT2D eigenvalue weighted by Crippen LogP contribution is -2.59. The van der Waals surface area contributed by atoms with Gasteiger partial charge in [0.1, 0.15) is 24.0 Å². The van der Waals surface area contributed by atoms with Crippen molar-refractivity contribution in [1.82, 2.24) is 20.9 Å². The molecule has 3 heterocycles. The van der Waals surface area contributed by atoms with Crippen molar-refractivity contribution in [2.45, 2.75) is 109 Å². The van der Waals surface area contributed by atoms with Crippen molar-refractivity contribution in [3.05, 3.63) is 34.6 Å². The van der Waals surface area contributed by atoms with Gasteiger partial charge in [0, 0.05) is 25.3 Å². The van der Waals surface area contributed by atoms with Crippen LogP contribution in [0.1, 0.15) is 78.2 Å². The fraction of sp³-hybridized carbons (Fsp3) is 0.636. The zero-order valence-electron chi connectivity index (χ0n) is 27.6. The molecule has 4 aliphatic rings. The Morgan fingerprint density at radius 1 is 1.17 bits per heavy atom. The van der Waals surface area contributed by atoms with E-state index in [0.717, 1.165) is 12.8 Å². The van der Waals surface area contributed by atoms with Gasteiger partial charge >= 0.3 is 6.09 Å². The van der Waals surface area contributed by atoms with Gasteiger partial charge in [-0.3, -0.25) is 19.2 Å². The van der Waals surface area contributed by atoms with Gasteiger partial charge < -0.3 is 35.2 Å². The normalized spacial score (nSPS) is 24.8. The van der Waals surface area contributed by atoms with Crippen molar-refractivity contribution in [3.63, 3.8) is 0 Å². The number of nitrogens with one attached hydrogen (secondary N) is 3. The fourth-order valence-corrected chi connectivity index (χ4v) is 6.50. The van der Waals surface area contributed by atoms with E-state index in [9.17, 15) is 28.4 Å². The summed E-state index contributed by atoms with van der Waals surface area (Å²) in [6.07, 6.45) is 1.51. The van der Waals surface area contributed by atoms with Crippen LogP contribution >= 0.6 is 11.6 Å². The minimum atomic E-state index is -1.24. The lowest BCUT2D eigenvalue weighted by molar-refractivity contribution is -0.144. The molecule has 4 amide bonds. The Morgan fingerprint density at radius 3 is 2.54 bits per heavy atom. The number of nitrogens with zero attached hydrogens (tertiary/aromatic N) is 2. The molecular weight excluding hydrogens is 649 g/mol. The van der Waals surface area contributed by atoms with Gasteiger partial charge in [-0.05, 0) is 36.8 Å². The van der Waals surface area contributed by atoms with E-state index in [2.05, 4.69) is 21.1 Å². The smallest absolute Gasteiger partial charge is 0.408 e. The Morgan fingerprint density at radius 2 is 1.92 bits per heavy atom. The summed E-state index contributed by atoms with van der Waals surface area (Å²) in [6, 6.07) is 0.737. The molecule has 5 rings (SSSR count). The average Bonchev–Trinajstić information content (AvgIpc) is 3.37. The van der Waals surface area contributed by atoms with E-state index in [1.165, 1.54) is 23.1 Å². The maximum absolute atomic E-state index is 14.9. The van der Waals surface area contributed by atoms with Crippen LogP contribution in [0.25, 0.3) is 0 Å². The van der Waals surface area contributed by atoms with Crippen LogP contribution in [-0.2, 0) is 33.5 Å². The Hall–Kier alpha value is -3.78. The number of carbonyl (C=O) groups excluding carboxylic acids is 5. The first-order valence-corrected chi connectivity index (χ1v) is 16.8. The highest BCUT2D eigenvalue weighted by Gasteiger charge is 2.56. The number of hydrogen-bond donors (Lipinski definition) is 3. The molecule has 3 N–H and O–H groups in total. The average molecular weight is 692 g/mol. The summed E-state index contributed by atoms with van der Waals surface area (Å²) < 4.78 is 25.6. The van der Waals surface area contributed by atoms with Gasteiger partial charge in [0.05, 0.1) is 42.1 Å². The molecule has 1 aliphatic carbocycles. The van der Waals surface area contributed by atoms with Crippen LogP contribution in [-0.4, -0.2) is 95.8 Å². The number of Topliss-reactive ketones (excluding diaryl/α,β-unsaturated/α-hetero) is 1. The van der Waals surface area contributed by atoms with E-state index < -0.39 is 70.7 Å². The lowest BCUT2D eigenvalue weighted by Gasteiger charge is -2.35. The topological polar surface area (TPSA) is 165 Å². The van der Waals surface area contributed by atoms with Gasteiger partial charge in [-0.1, -0.05) is 56.9 Å². The second-order valence-corrected chi connectivity index (χ2v) is 14.5. The molecule has 3 aliphatic heterocycles. The van der Waals surface area contributed by atoms with Crippen molar-refractivity contribution >= 4 is 46.9 Å². The lowest BCUT2D eigenvalue weighted by atomic mass is 9.85. The Labute approximate surface area is 283 Å². The molecule has 1 spiro atoms. The number of ketones is 1. The SMILES string of the molecule is CCC[C@H](NC(=O)[C@@H]1C[C@@]2(CC(c3c(F)cccc3Cl)=NO2)CN1C(=O)[C@@H](NC(=O)O[C@H]1CCOC1)C(C)(C)C)C(=O)C(=O)NC1CC1. The summed E-state index contributed by atoms with van der Waals surface area (Å²) >= 11 is 6.31. The molecule has 1 aromatic rings. The predicted octanol–water partition coefficient (Wildman–Crippen LogP) is 3.01. The second-order valence-electron chi connectivity index (χ2n) is 14.1. The van der Waals surface area contributed by atoms with E-state index in [0.29, 0.717) is 19.4 Å². The summed E-state index contributed by atoms with van der Waals surface area (Å²) in [5.41, 5.74) is -1.80. The number of benzene rings is 1. The van der Waals surface area contributed by atoms with Crippen molar-refractivity contribution < 1.29 is 42.7 Å². The highest BCUT2D eigenvalue weighted by Crippen LogP contribution is 2.41. The zero-order chi connectivity index (χ0) is 34.8. The van der Waals surface area contributed by atoms with E-state index >= 15 is 0 Å². The third kappa shape index (κ3) is 8.08. The van der Waals surface area contributed by atoms with Crippen LogP contribution in [0.5, 0.6) is 0 Å². The van der Waals surface area contributed by atoms with Crippen LogP contribution in [0.4, 0.5) is 9.18 Å². The fourth-order valence-electron chi connectivity index (χ4n) is 6.23. The van der Waals surface area contributed by atoms with E-state index in [4.69, 9.17) is 25.9 Å². The maximum atomic E-state index is 14.9. The zero-order valence-corrected chi connectivity index (χ0v) is 28.4. The number of carbonyl (C=O) groups is 5. The van der Waals surface area contributed by atoms with Crippen molar-refractivity contribution in [2.75, 3.05) is 19.8 Å². The van der Waals surface area contributed by atoms with Gasteiger partial charge in [0.15, 0.2) is 5.60 Å². The van der Waals surface area contributed by atoms with Gasteiger partial charge in [0.2, 0.25) is 17.6 Å². The highest BCUT2D eigenvalue weighted by atomic mass is 35.5. The Kier molecular flexibility index (Phi) is 10.6. The monoisotopic (exact) mass is 691 g/mol. The van der Waals surface area contributed by atoms with Crippen molar-refractivity contribution in [2.24, 2.45) is 10.6 Å². The molecule has 48 heavy (non-hydrogen) atoms. The molecule has 0 unspecified atom stereocenters. The molecule has 2 saturated heterocycles. The molecule has 262 valence electrons. The Bertz CT molecular complexity index is 1450. The van der Waals surface area contributed by atoms with Crippen molar-refractivity contribution in [3.8, 4) is 0 Å². The number of alkyl carbamates (subject to hydrolysis) is 1. The quantitative estimate of drug-likeness (QED) is 0.298. The number of rotatable bonds is 11. The standard InChI is InChI=1S/C33H43ClFN5O8/c1-5-7-22(26(41)29(43)36-18-10-11-18)37-28(42)24-15-33(14-23(39-48-33)25-20(34)8-6-9-21(25)35)17-40(24)30(44)27(32(2,3)4)38-31(45)47-19-12-13-46-16-19/h6,8-9,18-19,22,24,27H,5,7,10-17H2,1-4H3,(H,36,43)(H,37,42)(H,38,45)/t19-,22-,24-,27+,33-/m0/s1. The molecule has 15 heteroatoms. The number of hydrogen-bond acceptors (Lipinski definition) is 9. The Balaban J connectivity index is 1.40. The summed E-state index contributed by atoms with van der Waals surface area (Å²) in [6.45, 7) is 7.67. The first-order valence-electron chi connectivity index (χ1n) is 16.4. The van der Waals surface area contributed by atoms with Crippen LogP contribution < -0.4 is 16.0 Å². The van der Waals surface area contributed by atoms with Crippen LogP contribution in [0.2, 0.25) is 5.02 Å². The molecule has 13 nitrogen and oxygen atoms in total. The minimum absolute atomic E-state index is 0.0274. The summed E-state index contributed by atoms with van der Waals surface area (Å²) in [5, 5.41) is 12.3. The first-order chi connectivity index (χ1) is 22.7. The van der Waals surface area contributed by atoms with Gasteiger partial charge in [-0.25, -0.2) is 9.18 Å². The van der Waals surface area contributed by atoms with Crippen LogP contribution in [0, 0.1) is 11.2 Å². The first kappa shape index (κ1) is 35.5. The number of halogens is 2. The van der Waals surface area contributed by atoms with E-state index in [-0.39, 0.29) is 54.8 Å². The van der Waals surface area contributed by atoms with Crippen LogP contribution in [0.3, 0.4) is 0 Å². The number of oxime groups is 1. The van der Waals surface area contributed by atoms with Crippen LogP contribution in [0.15, 0.2) is 23.4 Å². The number of amides is 4. The van der Waals surface area contributed by atoms with Gasteiger partial charge in [-0.2, -0.15) is 0 Å². The summed E-state index contributed by atoms with van der Waals surface area (Å²) in [7, 11) is 0. The van der Waals surface area contributed by atoms with Gasteiger partial charge in [-0.15, -0.1) is 0 Å². The predicted molar refractivity (Wildman–Crippen MR) is 172 cm³/mol. The molecule has 0 aromatic heterocycles.